The zero-order chi connectivity index (χ0) is 22.0. The van der Waals surface area contributed by atoms with E-state index >= 15 is 0 Å². The second-order valence-corrected chi connectivity index (χ2v) is 7.19. The van der Waals surface area contributed by atoms with E-state index in [1.165, 1.54) is 12.1 Å². The number of nitro benzene ring substituents is 1. The molecule has 0 radical (unpaired) electrons. The normalized spacial score (nSPS) is 10.9. The third-order valence-corrected chi connectivity index (χ3v) is 3.52. The van der Waals surface area contributed by atoms with Crippen LogP contribution in [0.25, 0.3) is 0 Å². The summed E-state index contributed by atoms with van der Waals surface area (Å²) in [7, 11) is 0. The van der Waals surface area contributed by atoms with Gasteiger partial charge in [-0.05, 0) is 51.1 Å². The predicted octanol–water partition coefficient (Wildman–Crippen LogP) is 4.31. The number of carbonyl (C=O) groups excluding carboxylic acids is 1. The molecule has 0 bridgehead atoms. The Morgan fingerprint density at radius 2 is 1.67 bits per heavy atom. The van der Waals surface area contributed by atoms with Gasteiger partial charge >= 0.3 is 11.8 Å². The van der Waals surface area contributed by atoms with Gasteiger partial charge in [0.25, 0.3) is 0 Å². The monoisotopic (exact) mass is 418 g/mol. The number of nitrogens with one attached hydrogen (secondary N) is 1. The molecule has 9 heteroatoms. The Morgan fingerprint density at radius 1 is 1.00 bits per heavy atom. The molecule has 0 saturated heterocycles. The molecule has 0 atom stereocenters. The minimum Gasteiger partial charge on any atom is -0.491 e. The molecule has 0 aliphatic rings. The van der Waals surface area contributed by atoms with Gasteiger partial charge in [0.2, 0.25) is 5.75 Å². The summed E-state index contributed by atoms with van der Waals surface area (Å²) in [6.45, 7) is 6.75. The molecule has 2 rings (SSSR count). The Labute approximate surface area is 175 Å². The number of nitrogens with zero attached hydrogens (tertiary/aromatic N) is 1. The van der Waals surface area contributed by atoms with Crippen molar-refractivity contribution in [1.82, 2.24) is 5.32 Å². The van der Waals surface area contributed by atoms with Gasteiger partial charge in [-0.15, -0.1) is 0 Å². The van der Waals surface area contributed by atoms with Gasteiger partial charge in [-0.1, -0.05) is 12.1 Å². The molecule has 0 saturated carbocycles. The van der Waals surface area contributed by atoms with E-state index < -0.39 is 16.6 Å². The lowest BCUT2D eigenvalue weighted by Crippen LogP contribution is -2.34. The largest absolute Gasteiger partial charge is 0.491 e. The van der Waals surface area contributed by atoms with E-state index in [9.17, 15) is 14.9 Å². The summed E-state index contributed by atoms with van der Waals surface area (Å²) in [5.74, 6) is 1.24. The van der Waals surface area contributed by atoms with Crippen molar-refractivity contribution in [3.05, 3.63) is 58.6 Å². The molecule has 0 spiro atoms. The van der Waals surface area contributed by atoms with Gasteiger partial charge < -0.3 is 24.3 Å². The van der Waals surface area contributed by atoms with Gasteiger partial charge in [0, 0.05) is 12.6 Å². The SMILES string of the molecule is CC(C)(C)OC(=O)NCCOCCOc1ccc(Oc2ccccc2[N+](=O)[O-])cc1. The third kappa shape index (κ3) is 8.36. The summed E-state index contributed by atoms with van der Waals surface area (Å²) >= 11 is 0. The first-order chi connectivity index (χ1) is 14.2. The average Bonchev–Trinajstić information content (AvgIpc) is 2.67. The number of nitro groups is 1. The first kappa shape index (κ1) is 23.0. The van der Waals surface area contributed by atoms with Crippen molar-refractivity contribution in [3.8, 4) is 17.2 Å². The van der Waals surface area contributed by atoms with Gasteiger partial charge in [0.1, 0.15) is 23.7 Å². The van der Waals surface area contributed by atoms with Crippen LogP contribution in [-0.2, 0) is 9.47 Å². The first-order valence-electron chi connectivity index (χ1n) is 9.43. The van der Waals surface area contributed by atoms with Gasteiger partial charge in [-0.2, -0.15) is 0 Å². The quantitative estimate of drug-likeness (QED) is 0.348. The van der Waals surface area contributed by atoms with Crippen molar-refractivity contribution >= 4 is 11.8 Å². The maximum Gasteiger partial charge on any atom is 0.407 e. The van der Waals surface area contributed by atoms with Crippen LogP contribution in [0.15, 0.2) is 48.5 Å². The molecule has 0 fully saturated rings. The molecule has 162 valence electrons. The maximum atomic E-state index is 11.5. The predicted molar refractivity (Wildman–Crippen MR) is 110 cm³/mol. The Kier molecular flexibility index (Phi) is 8.42. The second kappa shape index (κ2) is 11.0. The second-order valence-electron chi connectivity index (χ2n) is 7.19. The Balaban J connectivity index is 1.66. The van der Waals surface area contributed by atoms with Crippen LogP contribution in [-0.4, -0.2) is 43.0 Å². The summed E-state index contributed by atoms with van der Waals surface area (Å²) in [5, 5.41) is 13.6. The minimum absolute atomic E-state index is 0.101. The number of para-hydroxylation sites is 2. The van der Waals surface area contributed by atoms with Crippen LogP contribution in [0.5, 0.6) is 17.2 Å². The van der Waals surface area contributed by atoms with E-state index in [1.807, 2.05) is 0 Å². The summed E-state index contributed by atoms with van der Waals surface area (Å²) in [4.78, 5) is 22.0. The summed E-state index contributed by atoms with van der Waals surface area (Å²) in [5.41, 5.74) is -0.633. The van der Waals surface area contributed by atoms with Crippen LogP contribution in [0.2, 0.25) is 0 Å². The number of amides is 1. The lowest BCUT2D eigenvalue weighted by molar-refractivity contribution is -0.385. The van der Waals surface area contributed by atoms with Gasteiger partial charge in [-0.25, -0.2) is 4.79 Å². The van der Waals surface area contributed by atoms with Crippen LogP contribution < -0.4 is 14.8 Å². The molecule has 30 heavy (non-hydrogen) atoms. The van der Waals surface area contributed by atoms with Crippen molar-refractivity contribution in [2.45, 2.75) is 26.4 Å². The van der Waals surface area contributed by atoms with Crippen molar-refractivity contribution in [1.29, 1.82) is 0 Å². The topological polar surface area (TPSA) is 109 Å². The molecule has 1 N–H and O–H groups in total. The number of benzene rings is 2. The number of alkyl carbamates (subject to hydrolysis) is 1. The van der Waals surface area contributed by atoms with Gasteiger partial charge in [0.05, 0.1) is 18.1 Å². The van der Waals surface area contributed by atoms with Crippen molar-refractivity contribution in [3.63, 3.8) is 0 Å². The van der Waals surface area contributed by atoms with E-state index in [0.717, 1.165) is 0 Å². The fraction of sp³-hybridized carbons (Fsp3) is 0.381. The van der Waals surface area contributed by atoms with E-state index in [1.54, 1.807) is 57.2 Å². The van der Waals surface area contributed by atoms with Gasteiger partial charge in [0.15, 0.2) is 0 Å². The van der Waals surface area contributed by atoms with Crippen molar-refractivity contribution in [2.75, 3.05) is 26.4 Å². The highest BCUT2D eigenvalue weighted by molar-refractivity contribution is 5.67. The molecule has 0 unspecified atom stereocenters. The van der Waals surface area contributed by atoms with Crippen LogP contribution in [0.1, 0.15) is 20.8 Å². The molecule has 0 heterocycles. The molecule has 2 aromatic rings. The maximum absolute atomic E-state index is 11.5. The number of hydrogen-bond acceptors (Lipinski definition) is 7. The molecule has 9 nitrogen and oxygen atoms in total. The smallest absolute Gasteiger partial charge is 0.407 e. The Morgan fingerprint density at radius 3 is 2.33 bits per heavy atom. The first-order valence-corrected chi connectivity index (χ1v) is 9.43. The summed E-state index contributed by atoms with van der Waals surface area (Å²) < 4.78 is 21.6. The highest BCUT2D eigenvalue weighted by Gasteiger charge is 2.15. The Bertz CT molecular complexity index is 832. The zero-order valence-electron chi connectivity index (χ0n) is 17.3. The highest BCUT2D eigenvalue weighted by Crippen LogP contribution is 2.31. The molecular weight excluding hydrogens is 392 g/mol. The number of ether oxygens (including phenoxy) is 4. The van der Waals surface area contributed by atoms with Crippen LogP contribution in [0.3, 0.4) is 0 Å². The molecule has 0 aliphatic carbocycles. The Hall–Kier alpha value is -3.33. The molecule has 2 aromatic carbocycles. The number of carbonyl (C=O) groups is 1. The fourth-order valence-electron chi connectivity index (χ4n) is 2.29. The standard InChI is InChI=1S/C21H26N2O7/c1-21(2,3)30-20(24)22-12-13-27-14-15-28-16-8-10-17(11-9-16)29-19-7-5-4-6-18(19)23(25)26/h4-11H,12-15H2,1-3H3,(H,22,24). The lowest BCUT2D eigenvalue weighted by atomic mass is 10.2. The zero-order valence-corrected chi connectivity index (χ0v) is 17.3. The van der Waals surface area contributed by atoms with E-state index in [4.69, 9.17) is 18.9 Å². The van der Waals surface area contributed by atoms with Crippen LogP contribution in [0, 0.1) is 10.1 Å². The van der Waals surface area contributed by atoms with E-state index in [0.29, 0.717) is 37.9 Å². The molecule has 1 amide bonds. The average molecular weight is 418 g/mol. The molecule has 0 aliphatic heterocycles. The van der Waals surface area contributed by atoms with E-state index in [2.05, 4.69) is 5.32 Å². The number of hydrogen-bond donors (Lipinski definition) is 1. The highest BCUT2D eigenvalue weighted by atomic mass is 16.6. The van der Waals surface area contributed by atoms with Crippen LogP contribution >= 0.6 is 0 Å². The minimum atomic E-state index is -0.533. The summed E-state index contributed by atoms with van der Waals surface area (Å²) in [6.07, 6.45) is -0.481. The summed E-state index contributed by atoms with van der Waals surface area (Å²) in [6, 6.07) is 12.9. The lowest BCUT2D eigenvalue weighted by Gasteiger charge is -2.19. The van der Waals surface area contributed by atoms with Gasteiger partial charge in [-0.3, -0.25) is 10.1 Å². The van der Waals surface area contributed by atoms with E-state index in [-0.39, 0.29) is 11.4 Å². The van der Waals surface area contributed by atoms with Crippen molar-refractivity contribution < 1.29 is 28.7 Å². The third-order valence-electron chi connectivity index (χ3n) is 3.52. The van der Waals surface area contributed by atoms with Crippen molar-refractivity contribution in [2.24, 2.45) is 0 Å². The number of rotatable bonds is 10. The van der Waals surface area contributed by atoms with Crippen LogP contribution in [0.4, 0.5) is 10.5 Å². The molecule has 0 aromatic heterocycles. The fourth-order valence-corrected chi connectivity index (χ4v) is 2.29. The molecular formula is C21H26N2O7.